The van der Waals surface area contributed by atoms with Gasteiger partial charge >= 0.3 is 6.03 Å². The average molecular weight is 331 g/mol. The Kier molecular flexibility index (Phi) is 3.92. The minimum atomic E-state index is -0.181. The molecule has 1 aliphatic carbocycles. The van der Waals surface area contributed by atoms with Gasteiger partial charge in [0, 0.05) is 12.6 Å². The molecule has 2 aliphatic heterocycles. The Morgan fingerprint density at radius 1 is 1.25 bits per heavy atom. The highest BCUT2D eigenvalue weighted by Gasteiger charge is 2.38. The van der Waals surface area contributed by atoms with Gasteiger partial charge < -0.3 is 25.0 Å². The second kappa shape index (κ2) is 6.22. The van der Waals surface area contributed by atoms with E-state index in [1.54, 1.807) is 4.90 Å². The van der Waals surface area contributed by atoms with Crippen LogP contribution >= 0.6 is 0 Å². The molecule has 2 N–H and O–H groups in total. The van der Waals surface area contributed by atoms with Gasteiger partial charge in [0.2, 0.25) is 12.7 Å². The van der Waals surface area contributed by atoms with Gasteiger partial charge in [-0.2, -0.15) is 0 Å². The number of carbonyl (C=O) groups excluding carboxylic acids is 2. The number of fused-ring (bicyclic) bond motifs is 2. The summed E-state index contributed by atoms with van der Waals surface area (Å²) in [5.41, 5.74) is 0.939. The van der Waals surface area contributed by atoms with Gasteiger partial charge in [-0.25, -0.2) is 4.79 Å². The van der Waals surface area contributed by atoms with Gasteiger partial charge in [-0.15, -0.1) is 0 Å². The van der Waals surface area contributed by atoms with Gasteiger partial charge in [0.05, 0.1) is 6.04 Å². The summed E-state index contributed by atoms with van der Waals surface area (Å²) in [7, 11) is 0. The van der Waals surface area contributed by atoms with Crippen molar-refractivity contribution in [3.63, 3.8) is 0 Å². The molecule has 1 saturated carbocycles. The van der Waals surface area contributed by atoms with Crippen molar-refractivity contribution < 1.29 is 19.1 Å². The minimum absolute atomic E-state index is 0.0728. The first-order chi connectivity index (χ1) is 11.7. The van der Waals surface area contributed by atoms with Crippen LogP contribution in [0.4, 0.5) is 4.79 Å². The fourth-order valence-electron chi connectivity index (χ4n) is 3.73. The molecule has 128 valence electrons. The molecule has 3 amide bonds. The van der Waals surface area contributed by atoms with Crippen molar-refractivity contribution in [3.05, 3.63) is 23.8 Å². The van der Waals surface area contributed by atoms with E-state index in [0.29, 0.717) is 12.3 Å². The molecule has 7 nitrogen and oxygen atoms in total. The highest BCUT2D eigenvalue weighted by Crippen LogP contribution is 2.32. The number of nitrogens with one attached hydrogen (secondary N) is 2. The van der Waals surface area contributed by atoms with Gasteiger partial charge in [-0.3, -0.25) is 4.79 Å². The molecule has 3 aliphatic rings. The lowest BCUT2D eigenvalue weighted by Gasteiger charge is -2.43. The van der Waals surface area contributed by atoms with Gasteiger partial charge in [-0.1, -0.05) is 18.9 Å². The Morgan fingerprint density at radius 3 is 3.00 bits per heavy atom. The topological polar surface area (TPSA) is 79.9 Å². The normalized spacial score (nSPS) is 25.0. The molecule has 0 bridgehead atoms. The number of hydrogen-bond acceptors (Lipinski definition) is 4. The Morgan fingerprint density at radius 2 is 2.08 bits per heavy atom. The zero-order valence-corrected chi connectivity index (χ0v) is 13.4. The monoisotopic (exact) mass is 331 g/mol. The highest BCUT2D eigenvalue weighted by atomic mass is 16.7. The smallest absolute Gasteiger partial charge is 0.318 e. The summed E-state index contributed by atoms with van der Waals surface area (Å²) in [4.78, 5) is 26.1. The summed E-state index contributed by atoms with van der Waals surface area (Å²) >= 11 is 0. The summed E-state index contributed by atoms with van der Waals surface area (Å²) in [6.45, 7) is 0.760. The molecule has 2 fully saturated rings. The number of nitrogens with zero attached hydrogens (tertiary/aromatic N) is 1. The molecule has 2 atom stereocenters. The zero-order valence-electron chi connectivity index (χ0n) is 13.4. The number of hydrogen-bond donors (Lipinski definition) is 2. The summed E-state index contributed by atoms with van der Waals surface area (Å²) in [6.07, 6.45) is 4.10. The Balaban J connectivity index is 1.40. The number of benzene rings is 1. The van der Waals surface area contributed by atoms with E-state index in [9.17, 15) is 9.59 Å². The Labute approximate surface area is 140 Å². The molecule has 1 aromatic carbocycles. The molecule has 0 unspecified atom stereocenters. The molecule has 7 heteroatoms. The first-order valence-electron chi connectivity index (χ1n) is 8.43. The fraction of sp³-hybridized carbons (Fsp3) is 0.529. The van der Waals surface area contributed by atoms with Crippen molar-refractivity contribution in [2.45, 2.75) is 44.3 Å². The van der Waals surface area contributed by atoms with E-state index < -0.39 is 0 Å². The minimum Gasteiger partial charge on any atom is -0.454 e. The maximum atomic E-state index is 12.6. The Hall–Kier alpha value is -2.44. The van der Waals surface area contributed by atoms with Crippen LogP contribution < -0.4 is 20.1 Å². The number of piperazine rings is 1. The SMILES string of the molecule is O=C1CN(C(=O)NCc2ccc3c(c2)OCO3)[C@@H]2CCCC[C@@H]2N1. The number of rotatable bonds is 2. The van der Waals surface area contributed by atoms with Crippen LogP contribution in [0, 0.1) is 0 Å². The van der Waals surface area contributed by atoms with Crippen LogP contribution in [0.3, 0.4) is 0 Å². The lowest BCUT2D eigenvalue weighted by molar-refractivity contribution is -0.126. The standard InChI is InChI=1S/C17H21N3O4/c21-16-9-20(13-4-2-1-3-12(13)19-16)17(22)18-8-11-5-6-14-15(7-11)24-10-23-14/h5-7,12-13H,1-4,8-10H2,(H,18,22)(H,19,21)/t12-,13+/m0/s1. The first kappa shape index (κ1) is 15.1. The molecule has 4 rings (SSSR count). The average Bonchev–Trinajstić information content (AvgIpc) is 3.06. The molecular formula is C17H21N3O4. The predicted molar refractivity (Wildman–Crippen MR) is 85.7 cm³/mol. The molecule has 0 radical (unpaired) electrons. The molecule has 1 aromatic rings. The summed E-state index contributed by atoms with van der Waals surface area (Å²) in [5, 5.41) is 5.94. The third-order valence-electron chi connectivity index (χ3n) is 4.93. The van der Waals surface area contributed by atoms with Gasteiger partial charge in [0.15, 0.2) is 11.5 Å². The van der Waals surface area contributed by atoms with E-state index in [4.69, 9.17) is 9.47 Å². The van der Waals surface area contributed by atoms with Crippen LogP contribution in [-0.4, -0.2) is 42.3 Å². The van der Waals surface area contributed by atoms with E-state index in [1.807, 2.05) is 18.2 Å². The highest BCUT2D eigenvalue weighted by molar-refractivity contribution is 5.86. The van der Waals surface area contributed by atoms with Crippen molar-refractivity contribution in [2.24, 2.45) is 0 Å². The van der Waals surface area contributed by atoms with Crippen LogP contribution in [0.25, 0.3) is 0 Å². The lowest BCUT2D eigenvalue weighted by Crippen LogP contribution is -2.64. The number of ether oxygens (including phenoxy) is 2. The molecular weight excluding hydrogens is 310 g/mol. The largest absolute Gasteiger partial charge is 0.454 e. The van der Waals surface area contributed by atoms with Crippen LogP contribution in [-0.2, 0) is 11.3 Å². The van der Waals surface area contributed by atoms with Crippen LogP contribution in [0.2, 0.25) is 0 Å². The van der Waals surface area contributed by atoms with Crippen LogP contribution in [0.5, 0.6) is 11.5 Å². The summed E-state index contributed by atoms with van der Waals surface area (Å²) in [6, 6.07) is 5.63. The van der Waals surface area contributed by atoms with E-state index >= 15 is 0 Å². The fourth-order valence-corrected chi connectivity index (χ4v) is 3.73. The maximum Gasteiger partial charge on any atom is 0.318 e. The second-order valence-electron chi connectivity index (χ2n) is 6.50. The molecule has 24 heavy (non-hydrogen) atoms. The van der Waals surface area contributed by atoms with E-state index in [1.165, 1.54) is 0 Å². The molecule has 0 aromatic heterocycles. The van der Waals surface area contributed by atoms with E-state index in [2.05, 4.69) is 10.6 Å². The number of amides is 3. The molecule has 0 spiro atoms. The Bertz CT molecular complexity index is 663. The zero-order chi connectivity index (χ0) is 16.5. The van der Waals surface area contributed by atoms with E-state index in [-0.39, 0.29) is 37.4 Å². The van der Waals surface area contributed by atoms with Crippen molar-refractivity contribution in [1.29, 1.82) is 0 Å². The molecule has 1 saturated heterocycles. The molecule has 2 heterocycles. The van der Waals surface area contributed by atoms with Crippen molar-refractivity contribution in [2.75, 3.05) is 13.3 Å². The maximum absolute atomic E-state index is 12.6. The first-order valence-corrected chi connectivity index (χ1v) is 8.43. The predicted octanol–water partition coefficient (Wildman–Crippen LogP) is 1.37. The van der Waals surface area contributed by atoms with Crippen LogP contribution in [0.15, 0.2) is 18.2 Å². The van der Waals surface area contributed by atoms with Crippen molar-refractivity contribution >= 4 is 11.9 Å². The van der Waals surface area contributed by atoms with E-state index in [0.717, 1.165) is 37.0 Å². The van der Waals surface area contributed by atoms with Gasteiger partial charge in [-0.05, 0) is 30.5 Å². The number of urea groups is 1. The van der Waals surface area contributed by atoms with Crippen molar-refractivity contribution in [3.8, 4) is 11.5 Å². The third kappa shape index (κ3) is 2.86. The van der Waals surface area contributed by atoms with Crippen molar-refractivity contribution in [1.82, 2.24) is 15.5 Å². The third-order valence-corrected chi connectivity index (χ3v) is 4.93. The second-order valence-corrected chi connectivity index (χ2v) is 6.50. The van der Waals surface area contributed by atoms with Crippen LogP contribution in [0.1, 0.15) is 31.2 Å². The van der Waals surface area contributed by atoms with Gasteiger partial charge in [0.1, 0.15) is 6.54 Å². The lowest BCUT2D eigenvalue weighted by atomic mass is 9.87. The quantitative estimate of drug-likeness (QED) is 0.858. The number of carbonyl (C=O) groups is 2. The summed E-state index contributed by atoms with van der Waals surface area (Å²) < 4.78 is 10.6. The van der Waals surface area contributed by atoms with Gasteiger partial charge in [0.25, 0.3) is 0 Å². The summed E-state index contributed by atoms with van der Waals surface area (Å²) in [5.74, 6) is 1.35.